The number of nitrogens with one attached hydrogen (secondary N) is 1. The second-order valence-corrected chi connectivity index (χ2v) is 8.10. The first-order chi connectivity index (χ1) is 12.0. The molecule has 0 saturated carbocycles. The van der Waals surface area contributed by atoms with Crippen molar-refractivity contribution < 1.29 is 17.9 Å². The summed E-state index contributed by atoms with van der Waals surface area (Å²) < 4.78 is 32.0. The molecule has 1 N–H and O–H groups in total. The Hall–Kier alpha value is -2.20. The molecule has 1 saturated heterocycles. The van der Waals surface area contributed by atoms with Crippen LogP contribution in [0, 0.1) is 0 Å². The highest BCUT2D eigenvalue weighted by molar-refractivity contribution is 7.93. The van der Waals surface area contributed by atoms with E-state index in [0.717, 1.165) is 37.3 Å². The maximum Gasteiger partial charge on any atom is 0.349 e. The van der Waals surface area contributed by atoms with Crippen LogP contribution in [0.2, 0.25) is 0 Å². The summed E-state index contributed by atoms with van der Waals surface area (Å²) in [5, 5.41) is 1.52. The number of piperidine rings is 1. The fraction of sp³-hybridized carbons (Fsp3) is 0.400. The smallest absolute Gasteiger partial charge is 0.349 e. The summed E-state index contributed by atoms with van der Waals surface area (Å²) in [4.78, 5) is 22.1. The number of sulfonamides is 1. The van der Waals surface area contributed by atoms with Gasteiger partial charge >= 0.3 is 5.97 Å². The number of methoxy groups -OCH3 is 1. The number of carbonyl (C=O) groups is 1. The number of rotatable bonds is 5. The van der Waals surface area contributed by atoms with E-state index in [-0.39, 0.29) is 15.5 Å². The van der Waals surface area contributed by atoms with E-state index in [1.54, 1.807) is 0 Å². The summed E-state index contributed by atoms with van der Waals surface area (Å²) in [6.45, 7) is 1.81. The van der Waals surface area contributed by atoms with Gasteiger partial charge in [0.1, 0.15) is 9.77 Å². The highest BCUT2D eigenvalue weighted by Crippen LogP contribution is 2.25. The van der Waals surface area contributed by atoms with Crippen molar-refractivity contribution in [2.45, 2.75) is 24.2 Å². The van der Waals surface area contributed by atoms with Gasteiger partial charge in [-0.15, -0.1) is 11.3 Å². The van der Waals surface area contributed by atoms with Crippen molar-refractivity contribution >= 4 is 39.0 Å². The van der Waals surface area contributed by atoms with Crippen LogP contribution in [0.25, 0.3) is 0 Å². The molecule has 2 aromatic rings. The van der Waals surface area contributed by atoms with Gasteiger partial charge in [-0.25, -0.2) is 23.2 Å². The van der Waals surface area contributed by atoms with Crippen molar-refractivity contribution in [2.24, 2.45) is 0 Å². The van der Waals surface area contributed by atoms with E-state index >= 15 is 0 Å². The number of thiophene rings is 1. The monoisotopic (exact) mass is 382 g/mol. The molecule has 1 fully saturated rings. The van der Waals surface area contributed by atoms with E-state index in [2.05, 4.69) is 24.3 Å². The molecule has 0 spiro atoms. The molecular weight excluding hydrogens is 364 g/mol. The van der Waals surface area contributed by atoms with Crippen LogP contribution in [-0.4, -0.2) is 44.6 Å². The second kappa shape index (κ2) is 7.36. The van der Waals surface area contributed by atoms with E-state index < -0.39 is 16.0 Å². The van der Waals surface area contributed by atoms with Crippen LogP contribution < -0.4 is 9.62 Å². The highest BCUT2D eigenvalue weighted by atomic mass is 32.2. The summed E-state index contributed by atoms with van der Waals surface area (Å²) in [6, 6.07) is 1.36. The Labute approximate surface area is 149 Å². The maximum atomic E-state index is 12.5. The van der Waals surface area contributed by atoms with Crippen LogP contribution in [0.4, 0.5) is 11.6 Å². The molecule has 8 nitrogen and oxygen atoms in total. The van der Waals surface area contributed by atoms with Gasteiger partial charge < -0.3 is 9.64 Å². The van der Waals surface area contributed by atoms with Crippen LogP contribution in [0.1, 0.15) is 28.9 Å². The first-order valence-corrected chi connectivity index (χ1v) is 10.1. The average molecular weight is 382 g/mol. The van der Waals surface area contributed by atoms with Crippen LogP contribution in [0.5, 0.6) is 0 Å². The molecule has 10 heteroatoms. The molecular formula is C15H18N4O4S2. The molecule has 3 heterocycles. The molecule has 2 aromatic heterocycles. The predicted molar refractivity (Wildman–Crippen MR) is 94.6 cm³/mol. The van der Waals surface area contributed by atoms with E-state index in [1.807, 2.05) is 0 Å². The van der Waals surface area contributed by atoms with Gasteiger partial charge in [0.25, 0.3) is 10.0 Å². The third kappa shape index (κ3) is 3.90. The number of aromatic nitrogens is 2. The number of carbonyl (C=O) groups excluding carboxylic acids is 1. The van der Waals surface area contributed by atoms with Crippen molar-refractivity contribution in [2.75, 3.05) is 29.8 Å². The zero-order chi connectivity index (χ0) is 17.9. The lowest BCUT2D eigenvalue weighted by Crippen LogP contribution is -2.30. The number of anilines is 2. The van der Waals surface area contributed by atoms with Crippen molar-refractivity contribution in [1.29, 1.82) is 0 Å². The summed E-state index contributed by atoms with van der Waals surface area (Å²) in [5.41, 5.74) is 0.239. The maximum absolute atomic E-state index is 12.5. The SMILES string of the molecule is COC(=O)c1sccc1S(=O)(=O)Nc1cnc(N2CCCCC2)nc1. The van der Waals surface area contributed by atoms with Gasteiger partial charge in [0.05, 0.1) is 25.2 Å². The Morgan fingerprint density at radius 2 is 1.92 bits per heavy atom. The molecule has 1 aliphatic rings. The lowest BCUT2D eigenvalue weighted by Gasteiger charge is -2.26. The minimum absolute atomic E-state index is 0.0286. The van der Waals surface area contributed by atoms with Gasteiger partial charge in [0, 0.05) is 13.1 Å². The van der Waals surface area contributed by atoms with Gasteiger partial charge in [-0.3, -0.25) is 4.72 Å². The molecule has 0 aliphatic carbocycles. The molecule has 3 rings (SSSR count). The van der Waals surface area contributed by atoms with Crippen molar-refractivity contribution in [3.8, 4) is 0 Å². The third-order valence-electron chi connectivity index (χ3n) is 3.82. The first kappa shape index (κ1) is 17.6. The van der Waals surface area contributed by atoms with Gasteiger partial charge in [-0.2, -0.15) is 0 Å². The molecule has 0 bridgehead atoms. The number of hydrogen-bond acceptors (Lipinski definition) is 8. The molecule has 0 amide bonds. The van der Waals surface area contributed by atoms with Crippen LogP contribution in [0.3, 0.4) is 0 Å². The van der Waals surface area contributed by atoms with Crippen molar-refractivity contribution in [3.05, 3.63) is 28.7 Å². The minimum Gasteiger partial charge on any atom is -0.465 e. The third-order valence-corrected chi connectivity index (χ3v) is 6.27. The molecule has 1 aliphatic heterocycles. The Balaban J connectivity index is 1.77. The number of ether oxygens (including phenoxy) is 1. The quantitative estimate of drug-likeness (QED) is 0.790. The minimum atomic E-state index is -3.93. The molecule has 0 unspecified atom stereocenters. The zero-order valence-corrected chi connectivity index (χ0v) is 15.3. The summed E-state index contributed by atoms with van der Waals surface area (Å²) in [5.74, 6) is -0.0968. The van der Waals surface area contributed by atoms with Gasteiger partial charge in [0.2, 0.25) is 5.95 Å². The topological polar surface area (TPSA) is 101 Å². The molecule has 0 atom stereocenters. The summed E-state index contributed by atoms with van der Waals surface area (Å²) in [7, 11) is -2.72. The predicted octanol–water partition coefficient (Wildman–Crippen LogP) is 2.12. The largest absolute Gasteiger partial charge is 0.465 e. The second-order valence-electron chi connectivity index (χ2n) is 5.53. The molecule has 25 heavy (non-hydrogen) atoms. The van der Waals surface area contributed by atoms with Gasteiger partial charge in [-0.1, -0.05) is 0 Å². The lowest BCUT2D eigenvalue weighted by atomic mass is 10.1. The normalized spacial score (nSPS) is 15.0. The van der Waals surface area contributed by atoms with Crippen LogP contribution >= 0.6 is 11.3 Å². The fourth-order valence-electron chi connectivity index (χ4n) is 2.59. The Morgan fingerprint density at radius 3 is 2.56 bits per heavy atom. The zero-order valence-electron chi connectivity index (χ0n) is 13.6. The molecule has 0 aromatic carbocycles. The van der Waals surface area contributed by atoms with E-state index in [4.69, 9.17) is 0 Å². The van der Waals surface area contributed by atoms with Gasteiger partial charge in [0.15, 0.2) is 0 Å². The fourth-order valence-corrected chi connectivity index (χ4v) is 4.96. The number of nitrogens with zero attached hydrogens (tertiary/aromatic N) is 3. The Morgan fingerprint density at radius 1 is 1.24 bits per heavy atom. The van der Waals surface area contributed by atoms with E-state index in [1.165, 1.54) is 37.4 Å². The lowest BCUT2D eigenvalue weighted by molar-refractivity contribution is 0.0602. The van der Waals surface area contributed by atoms with Crippen molar-refractivity contribution in [1.82, 2.24) is 9.97 Å². The summed E-state index contributed by atoms with van der Waals surface area (Å²) >= 11 is 1.01. The first-order valence-electron chi connectivity index (χ1n) is 7.77. The standard InChI is InChI=1S/C15H18N4O4S2/c1-23-14(20)13-12(5-8-24-13)25(21,22)18-11-9-16-15(17-10-11)19-6-3-2-4-7-19/h5,8-10,18H,2-4,6-7H2,1H3. The molecule has 0 radical (unpaired) electrons. The highest BCUT2D eigenvalue weighted by Gasteiger charge is 2.25. The van der Waals surface area contributed by atoms with Crippen molar-refractivity contribution in [3.63, 3.8) is 0 Å². The van der Waals surface area contributed by atoms with Crippen LogP contribution in [0.15, 0.2) is 28.7 Å². The molecule has 134 valence electrons. The number of esters is 1. The van der Waals surface area contributed by atoms with E-state index in [9.17, 15) is 13.2 Å². The van der Waals surface area contributed by atoms with E-state index in [0.29, 0.717) is 5.95 Å². The number of hydrogen-bond donors (Lipinski definition) is 1. The Kier molecular flexibility index (Phi) is 5.19. The van der Waals surface area contributed by atoms with Crippen LogP contribution in [-0.2, 0) is 14.8 Å². The summed E-state index contributed by atoms with van der Waals surface area (Å²) in [6.07, 6.45) is 6.27. The average Bonchev–Trinajstić information content (AvgIpc) is 3.13. The Bertz CT molecular complexity index is 843. The van der Waals surface area contributed by atoms with Gasteiger partial charge in [-0.05, 0) is 30.7 Å².